The first-order valence-corrected chi connectivity index (χ1v) is 8.58. The number of carbonyl (C=O) groups excluding carboxylic acids is 1. The van der Waals surface area contributed by atoms with Crippen molar-refractivity contribution in [2.24, 2.45) is 0 Å². The van der Waals surface area contributed by atoms with Gasteiger partial charge in [-0.05, 0) is 43.5 Å². The number of carbonyl (C=O) groups is 1. The number of nitrogens with zero attached hydrogens (tertiary/aromatic N) is 2. The van der Waals surface area contributed by atoms with E-state index < -0.39 is 0 Å². The molecule has 2 rings (SSSR count). The molecule has 6 heteroatoms. The molecule has 24 heavy (non-hydrogen) atoms. The molecule has 0 spiro atoms. The molecule has 0 aliphatic carbocycles. The summed E-state index contributed by atoms with van der Waals surface area (Å²) >= 11 is 5.86. The number of nitrogens with one attached hydrogen (secondary N) is 2. The molecule has 2 aromatic rings. The lowest BCUT2D eigenvalue weighted by atomic mass is 10.1. The molecule has 0 saturated heterocycles. The van der Waals surface area contributed by atoms with Gasteiger partial charge in [0.15, 0.2) is 0 Å². The molecule has 0 radical (unpaired) electrons. The Morgan fingerprint density at radius 3 is 2.62 bits per heavy atom. The number of aromatic nitrogens is 2. The average molecular weight is 347 g/mol. The van der Waals surface area contributed by atoms with Gasteiger partial charge in [-0.2, -0.15) is 0 Å². The number of anilines is 1. The average Bonchev–Trinajstić information content (AvgIpc) is 2.56. The highest BCUT2D eigenvalue weighted by Crippen LogP contribution is 2.10. The molecule has 0 fully saturated rings. The van der Waals surface area contributed by atoms with E-state index in [0.29, 0.717) is 23.2 Å². The van der Waals surface area contributed by atoms with Gasteiger partial charge >= 0.3 is 0 Å². The Kier molecular flexibility index (Phi) is 7.00. The minimum atomic E-state index is -0.187. The summed E-state index contributed by atoms with van der Waals surface area (Å²) in [4.78, 5) is 20.9. The molecular formula is C18H23ClN4O. The molecule has 0 aliphatic rings. The van der Waals surface area contributed by atoms with E-state index in [-0.39, 0.29) is 5.91 Å². The topological polar surface area (TPSA) is 66.9 Å². The number of halogens is 1. The standard InChI is InChI=1S/C18H23ClN4O/c1-3-4-10-21-18-22-13(2)12-16(23-18)17(24)20-11-9-14-5-7-15(19)8-6-14/h5-8,12H,3-4,9-11H2,1-2H3,(H,20,24)(H,21,22,23). The van der Waals surface area contributed by atoms with Crippen LogP contribution in [0.2, 0.25) is 5.02 Å². The van der Waals surface area contributed by atoms with E-state index >= 15 is 0 Å². The molecule has 0 bridgehead atoms. The molecule has 1 amide bonds. The van der Waals surface area contributed by atoms with Gasteiger partial charge in [-0.15, -0.1) is 0 Å². The third-order valence-electron chi connectivity index (χ3n) is 3.51. The van der Waals surface area contributed by atoms with Crippen molar-refractivity contribution in [3.05, 3.63) is 52.3 Å². The molecule has 0 saturated carbocycles. The van der Waals surface area contributed by atoms with Crippen molar-refractivity contribution >= 4 is 23.5 Å². The Morgan fingerprint density at radius 1 is 1.17 bits per heavy atom. The zero-order valence-corrected chi connectivity index (χ0v) is 14.9. The molecule has 0 unspecified atom stereocenters. The SMILES string of the molecule is CCCCNc1nc(C)cc(C(=O)NCCc2ccc(Cl)cc2)n1. The van der Waals surface area contributed by atoms with Crippen molar-refractivity contribution in [2.45, 2.75) is 33.1 Å². The van der Waals surface area contributed by atoms with Crippen molar-refractivity contribution in [1.29, 1.82) is 0 Å². The van der Waals surface area contributed by atoms with Crippen molar-refractivity contribution in [3.8, 4) is 0 Å². The van der Waals surface area contributed by atoms with Gasteiger partial charge in [0.25, 0.3) is 5.91 Å². The number of hydrogen-bond acceptors (Lipinski definition) is 4. The van der Waals surface area contributed by atoms with E-state index in [2.05, 4.69) is 27.5 Å². The van der Waals surface area contributed by atoms with Crippen LogP contribution >= 0.6 is 11.6 Å². The monoisotopic (exact) mass is 346 g/mol. The van der Waals surface area contributed by atoms with Crippen LogP contribution in [-0.2, 0) is 6.42 Å². The Labute approximate surface area is 147 Å². The van der Waals surface area contributed by atoms with Gasteiger partial charge in [0.05, 0.1) is 0 Å². The van der Waals surface area contributed by atoms with E-state index in [4.69, 9.17) is 11.6 Å². The van der Waals surface area contributed by atoms with Crippen LogP contribution in [0.4, 0.5) is 5.95 Å². The first-order chi connectivity index (χ1) is 11.6. The Balaban J connectivity index is 1.90. The fourth-order valence-corrected chi connectivity index (χ4v) is 2.33. The number of unbranched alkanes of at least 4 members (excludes halogenated alkanes) is 1. The summed E-state index contributed by atoms with van der Waals surface area (Å²) in [5, 5.41) is 6.76. The summed E-state index contributed by atoms with van der Waals surface area (Å²) < 4.78 is 0. The maximum atomic E-state index is 12.3. The minimum absolute atomic E-state index is 0.187. The Bertz CT molecular complexity index is 673. The summed E-state index contributed by atoms with van der Waals surface area (Å²) in [6.07, 6.45) is 2.88. The summed E-state index contributed by atoms with van der Waals surface area (Å²) in [7, 11) is 0. The second-order valence-corrected chi connectivity index (χ2v) is 6.07. The zero-order valence-electron chi connectivity index (χ0n) is 14.1. The smallest absolute Gasteiger partial charge is 0.270 e. The van der Waals surface area contributed by atoms with Gasteiger partial charge in [-0.3, -0.25) is 4.79 Å². The van der Waals surface area contributed by atoms with E-state index in [1.54, 1.807) is 6.07 Å². The zero-order chi connectivity index (χ0) is 17.4. The Hall–Kier alpha value is -2.14. The molecular weight excluding hydrogens is 324 g/mol. The van der Waals surface area contributed by atoms with Gasteiger partial charge in [0.1, 0.15) is 5.69 Å². The van der Waals surface area contributed by atoms with E-state index in [1.807, 2.05) is 31.2 Å². The van der Waals surface area contributed by atoms with Crippen molar-refractivity contribution in [3.63, 3.8) is 0 Å². The van der Waals surface area contributed by atoms with Crippen LogP contribution in [0, 0.1) is 6.92 Å². The van der Waals surface area contributed by atoms with Crippen LogP contribution in [0.15, 0.2) is 30.3 Å². The van der Waals surface area contributed by atoms with Gasteiger partial charge < -0.3 is 10.6 Å². The highest BCUT2D eigenvalue weighted by Gasteiger charge is 2.10. The fourth-order valence-electron chi connectivity index (χ4n) is 2.20. The lowest BCUT2D eigenvalue weighted by Gasteiger charge is -2.09. The third kappa shape index (κ3) is 5.81. The van der Waals surface area contributed by atoms with Crippen molar-refractivity contribution in [1.82, 2.24) is 15.3 Å². The molecule has 5 nitrogen and oxygen atoms in total. The largest absolute Gasteiger partial charge is 0.354 e. The molecule has 1 aromatic heterocycles. The van der Waals surface area contributed by atoms with Crippen LogP contribution in [0.5, 0.6) is 0 Å². The maximum absolute atomic E-state index is 12.3. The quantitative estimate of drug-likeness (QED) is 0.716. The lowest BCUT2D eigenvalue weighted by molar-refractivity contribution is 0.0949. The van der Waals surface area contributed by atoms with Crippen molar-refractivity contribution < 1.29 is 4.79 Å². The molecule has 0 atom stereocenters. The minimum Gasteiger partial charge on any atom is -0.354 e. The highest BCUT2D eigenvalue weighted by molar-refractivity contribution is 6.30. The summed E-state index contributed by atoms with van der Waals surface area (Å²) in [5.41, 5.74) is 2.28. The van der Waals surface area contributed by atoms with Crippen LogP contribution in [0.3, 0.4) is 0 Å². The van der Waals surface area contributed by atoms with Crippen molar-refractivity contribution in [2.75, 3.05) is 18.4 Å². The van der Waals surface area contributed by atoms with Gasteiger partial charge in [0, 0.05) is 23.8 Å². The summed E-state index contributed by atoms with van der Waals surface area (Å²) in [6, 6.07) is 9.31. The van der Waals surface area contributed by atoms with Crippen LogP contribution in [-0.4, -0.2) is 29.0 Å². The predicted molar refractivity (Wildman–Crippen MR) is 97.7 cm³/mol. The normalized spacial score (nSPS) is 10.5. The summed E-state index contributed by atoms with van der Waals surface area (Å²) in [5.74, 6) is 0.319. The van der Waals surface area contributed by atoms with Crippen LogP contribution in [0.1, 0.15) is 41.5 Å². The molecule has 1 aromatic carbocycles. The third-order valence-corrected chi connectivity index (χ3v) is 3.76. The molecule has 1 heterocycles. The number of amides is 1. The first-order valence-electron chi connectivity index (χ1n) is 8.20. The second-order valence-electron chi connectivity index (χ2n) is 5.63. The molecule has 0 aliphatic heterocycles. The highest BCUT2D eigenvalue weighted by atomic mass is 35.5. The number of hydrogen-bond donors (Lipinski definition) is 2. The van der Waals surface area contributed by atoms with E-state index in [1.165, 1.54) is 0 Å². The summed E-state index contributed by atoms with van der Waals surface area (Å²) in [6.45, 7) is 5.33. The van der Waals surface area contributed by atoms with Crippen LogP contribution < -0.4 is 10.6 Å². The number of rotatable bonds is 8. The number of aryl methyl sites for hydroxylation is 1. The molecule has 128 valence electrons. The molecule has 2 N–H and O–H groups in total. The van der Waals surface area contributed by atoms with Gasteiger partial charge in [0.2, 0.25) is 5.95 Å². The Morgan fingerprint density at radius 2 is 1.92 bits per heavy atom. The van der Waals surface area contributed by atoms with Gasteiger partial charge in [-0.25, -0.2) is 9.97 Å². The fraction of sp³-hybridized carbons (Fsp3) is 0.389. The predicted octanol–water partition coefficient (Wildman–Crippen LogP) is 3.62. The maximum Gasteiger partial charge on any atom is 0.270 e. The number of benzene rings is 1. The van der Waals surface area contributed by atoms with E-state index in [0.717, 1.165) is 37.1 Å². The first kappa shape index (κ1) is 18.2. The van der Waals surface area contributed by atoms with E-state index in [9.17, 15) is 4.79 Å². The van der Waals surface area contributed by atoms with Crippen LogP contribution in [0.25, 0.3) is 0 Å². The van der Waals surface area contributed by atoms with Gasteiger partial charge in [-0.1, -0.05) is 37.1 Å². The lowest BCUT2D eigenvalue weighted by Crippen LogP contribution is -2.27. The second kappa shape index (κ2) is 9.23.